The fraction of sp³-hybridized carbons (Fsp3) is 0.650. The molecule has 3 rings (SSSR count). The molecule has 0 aliphatic heterocycles. The standard InChI is InChI=1S/C40H61NO15/c42-39(43)9-11-45-13-15-47-17-19-49-21-23-51-25-27-53-29-31-55-32-30-54-28-26-52-24-22-50-20-18-48-16-14-46-12-10-41-40(44)56-33-38-36-7-3-1-5-34(36)35-6-2-4-8-37(35)38/h1-8,38H,9-33H2,(H,41,44)(H,42,43). The molecule has 0 aromatic heterocycles. The van der Waals surface area contributed by atoms with Gasteiger partial charge in [-0.15, -0.1) is 0 Å². The average Bonchev–Trinajstić information content (AvgIpc) is 3.53. The Bertz CT molecular complexity index is 1240. The average molecular weight is 796 g/mol. The monoisotopic (exact) mass is 795 g/mol. The molecule has 0 unspecified atom stereocenters. The topological polar surface area (TPSA) is 177 Å². The van der Waals surface area contributed by atoms with Crippen molar-refractivity contribution in [2.45, 2.75) is 12.3 Å². The summed E-state index contributed by atoms with van der Waals surface area (Å²) < 4.78 is 65.3. The van der Waals surface area contributed by atoms with Gasteiger partial charge in [-0.05, 0) is 22.3 Å². The molecule has 0 saturated carbocycles. The first-order valence-corrected chi connectivity index (χ1v) is 19.3. The van der Waals surface area contributed by atoms with Gasteiger partial charge in [0.15, 0.2) is 0 Å². The third kappa shape index (κ3) is 22.5. The number of benzene rings is 2. The van der Waals surface area contributed by atoms with Crippen LogP contribution in [0, 0.1) is 0 Å². The predicted molar refractivity (Wildman–Crippen MR) is 204 cm³/mol. The van der Waals surface area contributed by atoms with E-state index in [-0.39, 0.29) is 25.6 Å². The van der Waals surface area contributed by atoms with Crippen LogP contribution in [0.2, 0.25) is 0 Å². The summed E-state index contributed by atoms with van der Waals surface area (Å²) in [7, 11) is 0. The Labute approximate surface area is 330 Å². The van der Waals surface area contributed by atoms with Crippen LogP contribution in [-0.4, -0.2) is 176 Å². The van der Waals surface area contributed by atoms with Crippen LogP contribution in [-0.2, 0) is 61.6 Å². The van der Waals surface area contributed by atoms with E-state index in [1.807, 2.05) is 24.3 Å². The molecule has 0 spiro atoms. The van der Waals surface area contributed by atoms with E-state index in [1.165, 1.54) is 22.3 Å². The number of fused-ring (bicyclic) bond motifs is 3. The van der Waals surface area contributed by atoms with E-state index in [0.29, 0.717) is 145 Å². The van der Waals surface area contributed by atoms with E-state index in [1.54, 1.807) is 0 Å². The van der Waals surface area contributed by atoms with Crippen LogP contribution in [0.4, 0.5) is 4.79 Å². The Hall–Kier alpha value is -3.26. The summed E-state index contributed by atoms with van der Waals surface area (Å²) in [6.45, 7) is 10.3. The molecule has 0 heterocycles. The Morgan fingerprint density at radius 3 is 1.09 bits per heavy atom. The number of hydrogen-bond donors (Lipinski definition) is 2. The van der Waals surface area contributed by atoms with Crippen molar-refractivity contribution >= 4 is 12.1 Å². The van der Waals surface area contributed by atoms with Crippen LogP contribution >= 0.6 is 0 Å². The van der Waals surface area contributed by atoms with E-state index in [0.717, 1.165) is 0 Å². The number of nitrogens with one attached hydrogen (secondary N) is 1. The summed E-state index contributed by atoms with van der Waals surface area (Å²) in [5, 5.41) is 11.2. The van der Waals surface area contributed by atoms with Crippen LogP contribution in [0.15, 0.2) is 48.5 Å². The number of carbonyl (C=O) groups is 2. The number of carbonyl (C=O) groups excluding carboxylic acids is 1. The molecule has 0 radical (unpaired) electrons. The first-order valence-electron chi connectivity index (χ1n) is 19.3. The highest BCUT2D eigenvalue weighted by Crippen LogP contribution is 2.44. The van der Waals surface area contributed by atoms with Gasteiger partial charge in [0.2, 0.25) is 0 Å². The van der Waals surface area contributed by atoms with Crippen LogP contribution < -0.4 is 5.32 Å². The van der Waals surface area contributed by atoms with Crippen LogP contribution in [0.5, 0.6) is 0 Å². The Balaban J connectivity index is 0.938. The van der Waals surface area contributed by atoms with E-state index >= 15 is 0 Å². The Morgan fingerprint density at radius 2 is 0.750 bits per heavy atom. The lowest BCUT2D eigenvalue weighted by Crippen LogP contribution is -2.29. The van der Waals surface area contributed by atoms with Crippen molar-refractivity contribution in [3.05, 3.63) is 59.7 Å². The molecule has 2 aromatic carbocycles. The third-order valence-electron chi connectivity index (χ3n) is 8.04. The van der Waals surface area contributed by atoms with Crippen molar-refractivity contribution in [1.82, 2.24) is 5.32 Å². The summed E-state index contributed by atoms with van der Waals surface area (Å²) in [6, 6.07) is 16.5. The van der Waals surface area contributed by atoms with Crippen molar-refractivity contribution in [3.63, 3.8) is 0 Å². The fourth-order valence-corrected chi connectivity index (χ4v) is 5.34. The first kappa shape index (κ1) is 47.1. The summed E-state index contributed by atoms with van der Waals surface area (Å²) in [5.41, 5.74) is 4.75. The zero-order valence-electron chi connectivity index (χ0n) is 32.5. The van der Waals surface area contributed by atoms with Gasteiger partial charge in [-0.1, -0.05) is 48.5 Å². The number of rotatable bonds is 38. The van der Waals surface area contributed by atoms with Gasteiger partial charge in [-0.25, -0.2) is 4.79 Å². The fourth-order valence-electron chi connectivity index (χ4n) is 5.34. The second-order valence-electron chi connectivity index (χ2n) is 12.1. The third-order valence-corrected chi connectivity index (χ3v) is 8.04. The number of aliphatic carboxylic acids is 1. The number of amides is 1. The van der Waals surface area contributed by atoms with Crippen LogP contribution in [0.25, 0.3) is 11.1 Å². The maximum absolute atomic E-state index is 12.2. The molecule has 2 aromatic rings. The molecule has 316 valence electrons. The second-order valence-corrected chi connectivity index (χ2v) is 12.1. The highest BCUT2D eigenvalue weighted by Gasteiger charge is 2.28. The molecule has 1 aliphatic carbocycles. The smallest absolute Gasteiger partial charge is 0.407 e. The maximum Gasteiger partial charge on any atom is 0.407 e. The van der Waals surface area contributed by atoms with Crippen molar-refractivity contribution < 1.29 is 71.5 Å². The highest BCUT2D eigenvalue weighted by atomic mass is 16.6. The molecular formula is C40H61NO15. The zero-order valence-corrected chi connectivity index (χ0v) is 32.5. The van der Waals surface area contributed by atoms with Crippen LogP contribution in [0.1, 0.15) is 23.5 Å². The summed E-state index contributed by atoms with van der Waals surface area (Å²) in [6.07, 6.45) is -0.465. The molecule has 2 N–H and O–H groups in total. The minimum absolute atomic E-state index is 0.00754. The molecule has 0 bridgehead atoms. The van der Waals surface area contributed by atoms with E-state index in [9.17, 15) is 9.59 Å². The molecule has 0 fully saturated rings. The Morgan fingerprint density at radius 1 is 0.446 bits per heavy atom. The number of carboxylic acids is 1. The summed E-state index contributed by atoms with van der Waals surface area (Å²) in [5.74, 6) is -0.846. The van der Waals surface area contributed by atoms with Gasteiger partial charge < -0.3 is 67.3 Å². The van der Waals surface area contributed by atoms with Crippen molar-refractivity contribution in [1.29, 1.82) is 0 Å². The van der Waals surface area contributed by atoms with E-state index in [2.05, 4.69) is 29.6 Å². The normalized spacial score (nSPS) is 12.1. The van der Waals surface area contributed by atoms with Gasteiger partial charge >= 0.3 is 12.1 Å². The number of ether oxygens (including phenoxy) is 12. The van der Waals surface area contributed by atoms with Gasteiger partial charge in [0.1, 0.15) is 6.61 Å². The van der Waals surface area contributed by atoms with Gasteiger partial charge in [0.25, 0.3) is 0 Å². The summed E-state index contributed by atoms with van der Waals surface area (Å²) in [4.78, 5) is 22.6. The van der Waals surface area contributed by atoms with Crippen molar-refractivity contribution in [3.8, 4) is 11.1 Å². The van der Waals surface area contributed by atoms with Crippen LogP contribution in [0.3, 0.4) is 0 Å². The molecule has 1 aliphatic rings. The highest BCUT2D eigenvalue weighted by molar-refractivity contribution is 5.79. The van der Waals surface area contributed by atoms with E-state index in [4.69, 9.17) is 61.9 Å². The zero-order chi connectivity index (χ0) is 39.6. The lowest BCUT2D eigenvalue weighted by atomic mass is 9.98. The minimum atomic E-state index is -0.878. The molecular weight excluding hydrogens is 734 g/mol. The minimum Gasteiger partial charge on any atom is -0.481 e. The van der Waals surface area contributed by atoms with Crippen molar-refractivity contribution in [2.24, 2.45) is 0 Å². The second kappa shape index (κ2) is 32.8. The van der Waals surface area contributed by atoms with Gasteiger partial charge in [-0.2, -0.15) is 0 Å². The van der Waals surface area contributed by atoms with Gasteiger partial charge in [0, 0.05) is 12.5 Å². The molecule has 0 saturated heterocycles. The molecule has 56 heavy (non-hydrogen) atoms. The van der Waals surface area contributed by atoms with Gasteiger partial charge in [-0.3, -0.25) is 4.79 Å². The van der Waals surface area contributed by atoms with Crippen molar-refractivity contribution in [2.75, 3.05) is 159 Å². The predicted octanol–water partition coefficient (Wildman–Crippen LogP) is 3.18. The lowest BCUT2D eigenvalue weighted by Gasteiger charge is -2.14. The molecule has 0 atom stereocenters. The molecule has 16 nitrogen and oxygen atoms in total. The number of hydrogen-bond acceptors (Lipinski definition) is 14. The SMILES string of the molecule is O=C(O)CCOCCOCCOCCOCCOCCOCCOCCOCCOCCOCCOCCNC(=O)OCC1c2ccccc2-c2ccccc21. The lowest BCUT2D eigenvalue weighted by molar-refractivity contribution is -0.138. The molecule has 1 amide bonds. The maximum atomic E-state index is 12.2. The Kier molecular flexibility index (Phi) is 27.6. The first-order chi connectivity index (χ1) is 27.7. The number of carboxylic acid groups (broad SMARTS) is 1. The largest absolute Gasteiger partial charge is 0.481 e. The number of alkyl carbamates (subject to hydrolysis) is 1. The van der Waals surface area contributed by atoms with E-state index < -0.39 is 12.1 Å². The molecule has 16 heteroatoms. The quantitative estimate of drug-likeness (QED) is 0.0947. The van der Waals surface area contributed by atoms with Gasteiger partial charge in [0.05, 0.1) is 152 Å². The summed E-state index contributed by atoms with van der Waals surface area (Å²) >= 11 is 0.